The lowest BCUT2D eigenvalue weighted by molar-refractivity contribution is 0.389. The highest BCUT2D eigenvalue weighted by Crippen LogP contribution is 2.27. The summed E-state index contributed by atoms with van der Waals surface area (Å²) < 4.78 is 0. The molecule has 1 unspecified atom stereocenters. The van der Waals surface area contributed by atoms with Gasteiger partial charge in [0.2, 0.25) is 0 Å². The van der Waals surface area contributed by atoms with Crippen molar-refractivity contribution in [3.8, 4) is 0 Å². The molecule has 0 aliphatic heterocycles. The predicted molar refractivity (Wildman–Crippen MR) is 78.0 cm³/mol. The van der Waals surface area contributed by atoms with Crippen LogP contribution in [0.5, 0.6) is 0 Å². The van der Waals surface area contributed by atoms with Gasteiger partial charge in [0.15, 0.2) is 0 Å². The minimum absolute atomic E-state index is 0.450. The Kier molecular flexibility index (Phi) is 5.28. The predicted octanol–water partition coefficient (Wildman–Crippen LogP) is 2.31. The summed E-state index contributed by atoms with van der Waals surface area (Å²) in [4.78, 5) is 11.4. The van der Waals surface area contributed by atoms with Gasteiger partial charge in [0.05, 0.1) is 6.54 Å². The van der Waals surface area contributed by atoms with E-state index in [0.29, 0.717) is 6.04 Å². The number of fused-ring (bicyclic) bond motifs is 1. The van der Waals surface area contributed by atoms with Crippen LogP contribution in [-0.2, 0) is 13.0 Å². The zero-order valence-corrected chi connectivity index (χ0v) is 12.4. The Hall–Kier alpha value is -1.00. The molecule has 1 atom stereocenters. The Morgan fingerprint density at radius 1 is 1.37 bits per heavy atom. The molecule has 1 aliphatic carbocycles. The van der Waals surface area contributed by atoms with E-state index in [2.05, 4.69) is 42.4 Å². The molecular formula is C15H26N4. The fourth-order valence-corrected chi connectivity index (χ4v) is 2.65. The molecule has 0 saturated heterocycles. The Bertz CT molecular complexity index is 403. The monoisotopic (exact) mass is 262 g/mol. The molecule has 0 bridgehead atoms. The maximum absolute atomic E-state index is 4.78. The maximum Gasteiger partial charge on any atom is 0.142 e. The van der Waals surface area contributed by atoms with Crippen LogP contribution in [0.25, 0.3) is 0 Å². The van der Waals surface area contributed by atoms with E-state index >= 15 is 0 Å². The molecule has 4 heteroatoms. The van der Waals surface area contributed by atoms with Gasteiger partial charge in [0.1, 0.15) is 5.82 Å². The Labute approximate surface area is 116 Å². The van der Waals surface area contributed by atoms with E-state index in [1.165, 1.54) is 36.9 Å². The van der Waals surface area contributed by atoms with Gasteiger partial charge in [-0.2, -0.15) is 0 Å². The van der Waals surface area contributed by atoms with Crippen LogP contribution in [-0.4, -0.2) is 35.5 Å². The number of nitrogens with zero attached hydrogens (tertiary/aromatic N) is 3. The van der Waals surface area contributed by atoms with E-state index in [0.717, 1.165) is 25.3 Å². The smallest absolute Gasteiger partial charge is 0.142 e. The first-order valence-electron chi connectivity index (χ1n) is 7.43. The quantitative estimate of drug-likeness (QED) is 0.827. The molecule has 0 fully saturated rings. The van der Waals surface area contributed by atoms with Crippen LogP contribution >= 0.6 is 0 Å². The van der Waals surface area contributed by atoms with Crippen LogP contribution < -0.4 is 5.32 Å². The van der Waals surface area contributed by atoms with Gasteiger partial charge in [-0.1, -0.05) is 13.3 Å². The third-order valence-electron chi connectivity index (χ3n) is 3.58. The van der Waals surface area contributed by atoms with Crippen molar-refractivity contribution in [3.63, 3.8) is 0 Å². The van der Waals surface area contributed by atoms with E-state index in [9.17, 15) is 0 Å². The van der Waals surface area contributed by atoms with Crippen LogP contribution in [0.3, 0.4) is 0 Å². The Morgan fingerprint density at radius 2 is 2.21 bits per heavy atom. The first-order chi connectivity index (χ1) is 9.20. The second-order valence-electron chi connectivity index (χ2n) is 5.68. The van der Waals surface area contributed by atoms with Gasteiger partial charge in [0.25, 0.3) is 0 Å². The molecule has 1 aromatic rings. The number of aromatic nitrogens is 2. The van der Waals surface area contributed by atoms with Gasteiger partial charge >= 0.3 is 0 Å². The van der Waals surface area contributed by atoms with Gasteiger partial charge in [0, 0.05) is 23.5 Å². The molecular weight excluding hydrogens is 236 g/mol. The third kappa shape index (κ3) is 3.98. The van der Waals surface area contributed by atoms with Crippen molar-refractivity contribution in [2.75, 3.05) is 20.6 Å². The first kappa shape index (κ1) is 14.4. The Balaban J connectivity index is 2.19. The van der Waals surface area contributed by atoms with Gasteiger partial charge in [-0.15, -0.1) is 0 Å². The van der Waals surface area contributed by atoms with Crippen LogP contribution in [0, 0.1) is 0 Å². The second kappa shape index (κ2) is 6.96. The van der Waals surface area contributed by atoms with Crippen LogP contribution in [0.4, 0.5) is 0 Å². The van der Waals surface area contributed by atoms with Gasteiger partial charge in [-0.25, -0.2) is 9.97 Å². The van der Waals surface area contributed by atoms with Crippen molar-refractivity contribution >= 4 is 0 Å². The number of rotatable bonds is 5. The number of hydrogen-bond donors (Lipinski definition) is 1. The Morgan fingerprint density at radius 3 is 2.95 bits per heavy atom. The average Bonchev–Trinajstić information content (AvgIpc) is 2.57. The molecule has 0 amide bonds. The van der Waals surface area contributed by atoms with Gasteiger partial charge < -0.3 is 10.2 Å². The van der Waals surface area contributed by atoms with Crippen molar-refractivity contribution in [1.29, 1.82) is 0 Å². The first-order valence-corrected chi connectivity index (χ1v) is 7.43. The molecule has 0 aromatic carbocycles. The minimum atomic E-state index is 0.450. The summed E-state index contributed by atoms with van der Waals surface area (Å²) in [6.45, 7) is 4.10. The standard InChI is InChI=1S/C15H26N4/c1-4-9-16-13-7-5-6-8-14-12(13)10-17-15(18-14)11-19(2)3/h10,13,16H,4-9,11H2,1-3H3. The number of aryl methyl sites for hydroxylation is 1. The molecule has 106 valence electrons. The van der Waals surface area contributed by atoms with E-state index < -0.39 is 0 Å². The normalized spacial score (nSPS) is 19.3. The minimum Gasteiger partial charge on any atom is -0.310 e. The van der Waals surface area contributed by atoms with Gasteiger partial charge in [-0.05, 0) is 46.3 Å². The molecule has 19 heavy (non-hydrogen) atoms. The summed E-state index contributed by atoms with van der Waals surface area (Å²) in [5, 5.41) is 3.64. The molecule has 1 N–H and O–H groups in total. The van der Waals surface area contributed by atoms with Gasteiger partial charge in [-0.3, -0.25) is 0 Å². The van der Waals surface area contributed by atoms with E-state index in [1.54, 1.807) is 0 Å². The molecule has 0 radical (unpaired) electrons. The zero-order valence-electron chi connectivity index (χ0n) is 12.4. The van der Waals surface area contributed by atoms with Crippen molar-refractivity contribution in [2.45, 2.75) is 51.6 Å². The summed E-state index contributed by atoms with van der Waals surface area (Å²) in [5.74, 6) is 0.944. The lowest BCUT2D eigenvalue weighted by Crippen LogP contribution is -2.23. The highest BCUT2D eigenvalue weighted by atomic mass is 15.1. The number of nitrogens with one attached hydrogen (secondary N) is 1. The highest BCUT2D eigenvalue weighted by Gasteiger charge is 2.20. The lowest BCUT2D eigenvalue weighted by atomic mass is 10.0. The largest absolute Gasteiger partial charge is 0.310 e. The van der Waals surface area contributed by atoms with Crippen LogP contribution in [0.1, 0.15) is 55.7 Å². The molecule has 0 saturated carbocycles. The average molecular weight is 262 g/mol. The summed E-state index contributed by atoms with van der Waals surface area (Å²) in [6.07, 6.45) is 8.06. The van der Waals surface area contributed by atoms with Crippen molar-refractivity contribution in [3.05, 3.63) is 23.3 Å². The summed E-state index contributed by atoms with van der Waals surface area (Å²) in [6, 6.07) is 0.450. The topological polar surface area (TPSA) is 41.1 Å². The van der Waals surface area contributed by atoms with E-state index in [1.807, 2.05) is 0 Å². The summed E-state index contributed by atoms with van der Waals surface area (Å²) in [5.41, 5.74) is 2.59. The molecule has 1 aromatic heterocycles. The van der Waals surface area contributed by atoms with E-state index in [4.69, 9.17) is 4.98 Å². The lowest BCUT2D eigenvalue weighted by Gasteiger charge is -2.19. The fraction of sp³-hybridized carbons (Fsp3) is 0.733. The summed E-state index contributed by atoms with van der Waals surface area (Å²) in [7, 11) is 4.11. The number of hydrogen-bond acceptors (Lipinski definition) is 4. The molecule has 4 nitrogen and oxygen atoms in total. The van der Waals surface area contributed by atoms with E-state index in [-0.39, 0.29) is 0 Å². The molecule has 1 aliphatic rings. The zero-order chi connectivity index (χ0) is 13.7. The highest BCUT2D eigenvalue weighted by molar-refractivity contribution is 5.23. The SMILES string of the molecule is CCCNC1CCCCc2nc(CN(C)C)ncc21. The second-order valence-corrected chi connectivity index (χ2v) is 5.68. The van der Waals surface area contributed by atoms with Crippen molar-refractivity contribution in [1.82, 2.24) is 20.2 Å². The molecule has 2 rings (SSSR count). The van der Waals surface area contributed by atoms with Crippen LogP contribution in [0.15, 0.2) is 6.20 Å². The fourth-order valence-electron chi connectivity index (χ4n) is 2.65. The maximum atomic E-state index is 4.78. The van der Waals surface area contributed by atoms with Crippen molar-refractivity contribution in [2.24, 2.45) is 0 Å². The molecule has 1 heterocycles. The van der Waals surface area contributed by atoms with Crippen LogP contribution in [0.2, 0.25) is 0 Å². The molecule has 0 spiro atoms. The summed E-state index contributed by atoms with van der Waals surface area (Å²) >= 11 is 0. The third-order valence-corrected chi connectivity index (χ3v) is 3.58. The van der Waals surface area contributed by atoms with Crippen molar-refractivity contribution < 1.29 is 0 Å².